The van der Waals surface area contributed by atoms with Crippen molar-refractivity contribution in [2.75, 3.05) is 13.1 Å². The molecule has 0 radical (unpaired) electrons. The number of unbranched alkanes of at least 4 members (excludes halogenated alkanes) is 2. The minimum Gasteiger partial charge on any atom is -0.369 e. The van der Waals surface area contributed by atoms with E-state index in [1.807, 2.05) is 0 Å². The van der Waals surface area contributed by atoms with Gasteiger partial charge in [-0.15, -0.1) is 0 Å². The van der Waals surface area contributed by atoms with Gasteiger partial charge in [-0.25, -0.2) is 5.01 Å². The second-order valence-corrected chi connectivity index (χ2v) is 7.86. The second-order valence-electron chi connectivity index (χ2n) is 7.86. The molecular formula is C18H38N4. The highest BCUT2D eigenvalue weighted by molar-refractivity contribution is 5.77. The Morgan fingerprint density at radius 1 is 1.05 bits per heavy atom. The van der Waals surface area contributed by atoms with Crippen LogP contribution in [0.3, 0.4) is 0 Å². The van der Waals surface area contributed by atoms with Crippen LogP contribution < -0.4 is 5.73 Å². The average molecular weight is 311 g/mol. The van der Waals surface area contributed by atoms with Gasteiger partial charge in [0.25, 0.3) is 0 Å². The topological polar surface area (TPSA) is 44.9 Å². The molecule has 130 valence electrons. The fraction of sp³-hybridized carbons (Fsp3) is 0.944. The molecule has 0 aromatic heterocycles. The fourth-order valence-corrected chi connectivity index (χ4v) is 3.70. The molecule has 0 spiro atoms. The van der Waals surface area contributed by atoms with Gasteiger partial charge in [0.05, 0.1) is 0 Å². The number of nitrogens with two attached hydrogens (primary N) is 1. The monoisotopic (exact) mass is 310 g/mol. The summed E-state index contributed by atoms with van der Waals surface area (Å²) in [5, 5.41) is 4.79. The molecule has 22 heavy (non-hydrogen) atoms. The first kappa shape index (κ1) is 19.3. The predicted molar refractivity (Wildman–Crippen MR) is 96.9 cm³/mol. The zero-order valence-corrected chi connectivity index (χ0v) is 15.8. The molecule has 0 aromatic rings. The Balaban J connectivity index is 3.03. The van der Waals surface area contributed by atoms with Crippen LogP contribution in [0.4, 0.5) is 0 Å². The third-order valence-electron chi connectivity index (χ3n) is 4.74. The summed E-state index contributed by atoms with van der Waals surface area (Å²) in [6.07, 6.45) is 8.29. The van der Waals surface area contributed by atoms with Crippen molar-refractivity contribution >= 4 is 5.96 Å². The van der Waals surface area contributed by atoms with Crippen LogP contribution in [0, 0.1) is 0 Å². The smallest absolute Gasteiger partial charge is 0.206 e. The maximum atomic E-state index is 6.41. The lowest BCUT2D eigenvalue weighted by Crippen LogP contribution is -2.67. The number of aliphatic imine (C=N–C) groups is 1. The molecule has 0 bridgehead atoms. The molecule has 0 aromatic carbocycles. The molecule has 1 fully saturated rings. The standard InChI is InChI=1S/C18H38N4/c1-7-9-14-20-16(19)21(15-10-8-2)22-17(3,4)12-11-13-18(22,5)6/h7-15H2,1-6H3,(H2,19,20). The van der Waals surface area contributed by atoms with Gasteiger partial charge in [0.1, 0.15) is 0 Å². The van der Waals surface area contributed by atoms with E-state index >= 15 is 0 Å². The van der Waals surface area contributed by atoms with E-state index in [2.05, 4.69) is 56.6 Å². The van der Waals surface area contributed by atoms with Crippen LogP contribution in [0.15, 0.2) is 4.99 Å². The first-order valence-electron chi connectivity index (χ1n) is 9.14. The van der Waals surface area contributed by atoms with E-state index in [0.717, 1.165) is 32.4 Å². The molecule has 4 nitrogen and oxygen atoms in total. The maximum absolute atomic E-state index is 6.41. The molecule has 0 amide bonds. The van der Waals surface area contributed by atoms with Gasteiger partial charge in [0.2, 0.25) is 5.96 Å². The molecule has 0 saturated carbocycles. The largest absolute Gasteiger partial charge is 0.369 e. The van der Waals surface area contributed by atoms with Gasteiger partial charge >= 0.3 is 0 Å². The molecule has 1 aliphatic heterocycles. The maximum Gasteiger partial charge on any atom is 0.206 e. The number of piperidine rings is 1. The molecule has 1 heterocycles. The predicted octanol–water partition coefficient (Wildman–Crippen LogP) is 4.16. The van der Waals surface area contributed by atoms with Crippen LogP contribution in [-0.4, -0.2) is 40.1 Å². The zero-order chi connectivity index (χ0) is 16.8. The highest BCUT2D eigenvalue weighted by atomic mass is 15.7. The first-order chi connectivity index (χ1) is 10.3. The Hall–Kier alpha value is -0.770. The summed E-state index contributed by atoms with van der Waals surface area (Å²) in [5.74, 6) is 0.699. The summed E-state index contributed by atoms with van der Waals surface area (Å²) in [5.41, 5.74) is 6.66. The fourth-order valence-electron chi connectivity index (χ4n) is 3.70. The van der Waals surface area contributed by atoms with Gasteiger partial charge in [-0.1, -0.05) is 26.7 Å². The first-order valence-corrected chi connectivity index (χ1v) is 9.14. The zero-order valence-electron chi connectivity index (χ0n) is 15.8. The number of nitrogens with zero attached hydrogens (tertiary/aromatic N) is 3. The number of hydrazine groups is 1. The summed E-state index contributed by atoms with van der Waals surface area (Å²) < 4.78 is 0. The molecule has 2 N–H and O–H groups in total. The van der Waals surface area contributed by atoms with Crippen LogP contribution in [-0.2, 0) is 0 Å². The van der Waals surface area contributed by atoms with Crippen LogP contribution in [0.5, 0.6) is 0 Å². The SMILES string of the molecule is CCCCN=C(N)N(CCCC)N1C(C)(C)CCCC1(C)C. The highest BCUT2D eigenvalue weighted by Gasteiger charge is 2.45. The summed E-state index contributed by atoms with van der Waals surface area (Å²) in [6.45, 7) is 15.6. The minimum absolute atomic E-state index is 0.125. The van der Waals surface area contributed by atoms with Crippen molar-refractivity contribution < 1.29 is 0 Å². The summed E-state index contributed by atoms with van der Waals surface area (Å²) in [7, 11) is 0. The van der Waals surface area contributed by atoms with E-state index in [4.69, 9.17) is 5.73 Å². The highest BCUT2D eigenvalue weighted by Crippen LogP contribution is 2.39. The van der Waals surface area contributed by atoms with Crippen molar-refractivity contribution in [1.82, 2.24) is 10.0 Å². The van der Waals surface area contributed by atoms with Crippen LogP contribution >= 0.6 is 0 Å². The molecule has 0 atom stereocenters. The van der Waals surface area contributed by atoms with Crippen molar-refractivity contribution in [1.29, 1.82) is 0 Å². The number of guanidine groups is 1. The lowest BCUT2D eigenvalue weighted by Gasteiger charge is -2.57. The van der Waals surface area contributed by atoms with Crippen molar-refractivity contribution in [3.63, 3.8) is 0 Å². The van der Waals surface area contributed by atoms with Crippen molar-refractivity contribution in [2.45, 2.75) is 97.6 Å². The van der Waals surface area contributed by atoms with E-state index in [9.17, 15) is 0 Å². The van der Waals surface area contributed by atoms with Crippen LogP contribution in [0.2, 0.25) is 0 Å². The van der Waals surface area contributed by atoms with E-state index in [-0.39, 0.29) is 11.1 Å². The molecule has 1 rings (SSSR count). The molecule has 0 aliphatic carbocycles. The van der Waals surface area contributed by atoms with Gasteiger partial charge in [0.15, 0.2) is 0 Å². The van der Waals surface area contributed by atoms with Gasteiger partial charge < -0.3 is 5.73 Å². The lowest BCUT2D eigenvalue weighted by molar-refractivity contribution is -0.147. The third-order valence-corrected chi connectivity index (χ3v) is 4.74. The molecule has 1 aliphatic rings. The molecule has 0 unspecified atom stereocenters. The van der Waals surface area contributed by atoms with E-state index < -0.39 is 0 Å². The number of rotatable bonds is 7. The van der Waals surface area contributed by atoms with E-state index in [0.29, 0.717) is 5.96 Å². The van der Waals surface area contributed by atoms with E-state index in [1.165, 1.54) is 25.7 Å². The third kappa shape index (κ3) is 4.87. The summed E-state index contributed by atoms with van der Waals surface area (Å²) in [6, 6.07) is 0. The quantitative estimate of drug-likeness (QED) is 0.436. The summed E-state index contributed by atoms with van der Waals surface area (Å²) >= 11 is 0. The van der Waals surface area contributed by atoms with Crippen molar-refractivity contribution in [3.05, 3.63) is 0 Å². The second kappa shape index (κ2) is 8.19. The van der Waals surface area contributed by atoms with Crippen LogP contribution in [0.1, 0.15) is 86.5 Å². The number of hydrogen-bond donors (Lipinski definition) is 1. The molecule has 1 saturated heterocycles. The Bertz CT molecular complexity index is 344. The van der Waals surface area contributed by atoms with Gasteiger partial charge in [0, 0.05) is 24.2 Å². The summed E-state index contributed by atoms with van der Waals surface area (Å²) in [4.78, 5) is 4.65. The molecular weight excluding hydrogens is 272 g/mol. The van der Waals surface area contributed by atoms with Gasteiger partial charge in [-0.3, -0.25) is 10.0 Å². The lowest BCUT2D eigenvalue weighted by atomic mass is 9.81. The average Bonchev–Trinajstić information content (AvgIpc) is 2.41. The Morgan fingerprint density at radius 3 is 2.09 bits per heavy atom. The van der Waals surface area contributed by atoms with Crippen LogP contribution in [0.25, 0.3) is 0 Å². The normalized spacial score (nSPS) is 21.8. The Labute approximate surface area is 138 Å². The van der Waals surface area contributed by atoms with Crippen molar-refractivity contribution in [2.24, 2.45) is 10.7 Å². The van der Waals surface area contributed by atoms with E-state index in [1.54, 1.807) is 0 Å². The Kier molecular flexibility index (Phi) is 7.17. The van der Waals surface area contributed by atoms with Gasteiger partial charge in [-0.05, 0) is 59.8 Å². The number of hydrogen-bond acceptors (Lipinski definition) is 2. The Morgan fingerprint density at radius 2 is 1.59 bits per heavy atom. The van der Waals surface area contributed by atoms with Gasteiger partial charge in [-0.2, -0.15) is 0 Å². The van der Waals surface area contributed by atoms with Crippen molar-refractivity contribution in [3.8, 4) is 0 Å². The minimum atomic E-state index is 0.125. The molecule has 4 heteroatoms.